The molecule has 0 saturated heterocycles. The Morgan fingerprint density at radius 1 is 0.925 bits per heavy atom. The average Bonchev–Trinajstić information content (AvgIpc) is 3.46. The van der Waals surface area contributed by atoms with Gasteiger partial charge in [-0.3, -0.25) is 4.79 Å². The lowest BCUT2D eigenvalue weighted by Crippen LogP contribution is -2.19. The number of carbonyl (C=O) groups excluding carboxylic acids is 1. The quantitative estimate of drug-likeness (QED) is 0.0976. The van der Waals surface area contributed by atoms with Crippen LogP contribution in [-0.4, -0.2) is 35.2 Å². The van der Waals surface area contributed by atoms with Gasteiger partial charge in [-0.15, -0.1) is 10.2 Å². The van der Waals surface area contributed by atoms with Gasteiger partial charge in [0.2, 0.25) is 0 Å². The van der Waals surface area contributed by atoms with Gasteiger partial charge in [0.1, 0.15) is 6.61 Å². The number of nitrogens with zero attached hydrogens (tertiary/aromatic N) is 3. The number of hydrogen-bond donors (Lipinski definition) is 1. The molecule has 5 aromatic rings. The Morgan fingerprint density at radius 2 is 1.70 bits per heavy atom. The highest BCUT2D eigenvalue weighted by molar-refractivity contribution is 8.03. The van der Waals surface area contributed by atoms with Crippen molar-refractivity contribution in [3.63, 3.8) is 0 Å². The minimum Gasteiger partial charge on any atom is -0.493 e. The van der Waals surface area contributed by atoms with Crippen LogP contribution < -0.4 is 14.9 Å². The second-order valence-electron chi connectivity index (χ2n) is 8.53. The van der Waals surface area contributed by atoms with Crippen molar-refractivity contribution in [3.8, 4) is 11.5 Å². The first-order chi connectivity index (χ1) is 19.7. The number of amides is 1. The Bertz CT molecular complexity index is 1600. The van der Waals surface area contributed by atoms with Crippen LogP contribution in [0.25, 0.3) is 10.8 Å². The molecule has 1 amide bonds. The van der Waals surface area contributed by atoms with Crippen LogP contribution >= 0.6 is 34.9 Å². The molecule has 1 aromatic heterocycles. The van der Waals surface area contributed by atoms with E-state index < -0.39 is 0 Å². The Hall–Kier alpha value is -3.86. The summed E-state index contributed by atoms with van der Waals surface area (Å²) >= 11 is 4.48. The van der Waals surface area contributed by atoms with E-state index in [-0.39, 0.29) is 11.7 Å². The predicted octanol–water partition coefficient (Wildman–Crippen LogP) is 6.81. The molecular formula is C30H26N4O3S3. The van der Waals surface area contributed by atoms with Gasteiger partial charge in [0.05, 0.1) is 19.1 Å². The fraction of sp³-hybridized carbons (Fsp3) is 0.133. The number of fused-ring (bicyclic) bond motifs is 1. The van der Waals surface area contributed by atoms with Crippen molar-refractivity contribution in [2.75, 3.05) is 12.9 Å². The van der Waals surface area contributed by atoms with Crippen LogP contribution in [0.5, 0.6) is 11.5 Å². The molecular weight excluding hydrogens is 561 g/mol. The third kappa shape index (κ3) is 7.62. The van der Waals surface area contributed by atoms with Crippen molar-refractivity contribution in [1.29, 1.82) is 0 Å². The molecule has 202 valence electrons. The average molecular weight is 587 g/mol. The molecule has 0 atom stereocenters. The monoisotopic (exact) mass is 586 g/mol. The van der Waals surface area contributed by atoms with Crippen LogP contribution in [-0.2, 0) is 17.2 Å². The third-order valence-electron chi connectivity index (χ3n) is 5.77. The molecule has 0 aliphatic rings. The Labute approximate surface area is 245 Å². The highest BCUT2D eigenvalue weighted by Gasteiger charge is 2.10. The van der Waals surface area contributed by atoms with Gasteiger partial charge in [-0.25, -0.2) is 5.43 Å². The molecule has 7 nitrogen and oxygen atoms in total. The fourth-order valence-electron chi connectivity index (χ4n) is 3.83. The number of ether oxygens (including phenoxy) is 2. The minimum absolute atomic E-state index is 0.189. The van der Waals surface area contributed by atoms with Crippen LogP contribution in [0, 0.1) is 0 Å². The van der Waals surface area contributed by atoms with Crippen molar-refractivity contribution in [1.82, 2.24) is 15.6 Å². The van der Waals surface area contributed by atoms with E-state index in [1.165, 1.54) is 39.4 Å². The number of hydrazone groups is 1. The molecule has 40 heavy (non-hydrogen) atoms. The summed E-state index contributed by atoms with van der Waals surface area (Å²) in [6.07, 6.45) is 1.57. The second kappa shape index (κ2) is 14.0. The van der Waals surface area contributed by atoms with Gasteiger partial charge in [0.25, 0.3) is 5.91 Å². The normalized spacial score (nSPS) is 11.1. The third-order valence-corrected chi connectivity index (χ3v) is 9.01. The summed E-state index contributed by atoms with van der Waals surface area (Å²) in [5, 5.41) is 15.1. The molecule has 1 heterocycles. The predicted molar refractivity (Wildman–Crippen MR) is 164 cm³/mol. The zero-order valence-electron chi connectivity index (χ0n) is 21.7. The summed E-state index contributed by atoms with van der Waals surface area (Å²) in [5.74, 6) is 1.99. The number of nitrogens with one attached hydrogen (secondary N) is 1. The largest absolute Gasteiger partial charge is 0.493 e. The fourth-order valence-corrected chi connectivity index (χ4v) is 6.65. The highest BCUT2D eigenvalue weighted by Crippen LogP contribution is 2.32. The summed E-state index contributed by atoms with van der Waals surface area (Å²) in [7, 11) is 1.60. The molecule has 0 unspecified atom stereocenters. The summed E-state index contributed by atoms with van der Waals surface area (Å²) in [6.45, 7) is 0.417. The molecule has 0 aliphatic carbocycles. The molecule has 0 bridgehead atoms. The maximum Gasteiger partial charge on any atom is 0.250 e. The van der Waals surface area contributed by atoms with Gasteiger partial charge in [-0.2, -0.15) is 5.10 Å². The molecule has 5 rings (SSSR count). The van der Waals surface area contributed by atoms with Gasteiger partial charge in [-0.05, 0) is 45.7 Å². The van der Waals surface area contributed by atoms with E-state index in [9.17, 15) is 4.79 Å². The van der Waals surface area contributed by atoms with E-state index in [0.717, 1.165) is 25.6 Å². The molecule has 0 aliphatic heterocycles. The number of thioether (sulfide) groups is 2. The van der Waals surface area contributed by atoms with E-state index in [4.69, 9.17) is 9.47 Å². The number of aromatic nitrogens is 2. The van der Waals surface area contributed by atoms with E-state index in [2.05, 4.69) is 57.1 Å². The van der Waals surface area contributed by atoms with Crippen molar-refractivity contribution < 1.29 is 14.3 Å². The molecule has 0 saturated carbocycles. The number of carbonyl (C=O) groups is 1. The van der Waals surface area contributed by atoms with Crippen LogP contribution in [0.1, 0.15) is 16.7 Å². The van der Waals surface area contributed by atoms with Gasteiger partial charge in [0.15, 0.2) is 20.2 Å². The lowest BCUT2D eigenvalue weighted by atomic mass is 10.1. The van der Waals surface area contributed by atoms with E-state index in [0.29, 0.717) is 18.1 Å². The van der Waals surface area contributed by atoms with Gasteiger partial charge >= 0.3 is 0 Å². The Morgan fingerprint density at radius 3 is 2.55 bits per heavy atom. The summed E-state index contributed by atoms with van der Waals surface area (Å²) in [5.41, 5.74) is 5.65. The summed E-state index contributed by atoms with van der Waals surface area (Å²) < 4.78 is 13.0. The zero-order valence-corrected chi connectivity index (χ0v) is 24.1. The maximum atomic E-state index is 12.3. The molecule has 4 aromatic carbocycles. The lowest BCUT2D eigenvalue weighted by molar-refractivity contribution is -0.118. The second-order valence-corrected chi connectivity index (χ2v) is 11.9. The first-order valence-corrected chi connectivity index (χ1v) is 15.2. The first-order valence-electron chi connectivity index (χ1n) is 12.4. The number of hydrogen-bond acceptors (Lipinski definition) is 9. The lowest BCUT2D eigenvalue weighted by Gasteiger charge is -2.11. The molecule has 0 fully saturated rings. The Balaban J connectivity index is 1.09. The minimum atomic E-state index is -0.226. The van der Waals surface area contributed by atoms with E-state index >= 15 is 0 Å². The van der Waals surface area contributed by atoms with Crippen LogP contribution in [0.15, 0.2) is 105 Å². The molecule has 0 spiro atoms. The highest BCUT2D eigenvalue weighted by atomic mass is 32.2. The number of methoxy groups -OCH3 is 1. The molecule has 1 N–H and O–H groups in total. The topological polar surface area (TPSA) is 85.7 Å². The number of benzene rings is 4. The Kier molecular flexibility index (Phi) is 9.68. The molecule has 0 radical (unpaired) electrons. The van der Waals surface area contributed by atoms with Gasteiger partial charge < -0.3 is 9.47 Å². The van der Waals surface area contributed by atoms with E-state index in [1.807, 2.05) is 54.6 Å². The van der Waals surface area contributed by atoms with E-state index in [1.54, 1.807) is 25.1 Å². The van der Waals surface area contributed by atoms with Crippen molar-refractivity contribution in [2.45, 2.75) is 21.0 Å². The van der Waals surface area contributed by atoms with Crippen LogP contribution in [0.2, 0.25) is 0 Å². The van der Waals surface area contributed by atoms with Crippen molar-refractivity contribution in [3.05, 3.63) is 108 Å². The standard InChI is InChI=1S/C30H26N4O3S3/c1-36-26-15-14-22(16-27(26)37-18-21-8-3-2-4-9-21)17-31-32-28(35)20-39-30-34-33-29(40-30)38-19-24-12-7-11-23-10-5-6-13-25(23)24/h2-17H,18-20H2,1H3,(H,32,35)/b31-17-. The van der Waals surface area contributed by atoms with Gasteiger partial charge in [-0.1, -0.05) is 108 Å². The van der Waals surface area contributed by atoms with Gasteiger partial charge in [0, 0.05) is 5.75 Å². The summed E-state index contributed by atoms with van der Waals surface area (Å²) in [6, 6.07) is 30.1. The molecule has 10 heteroatoms. The van der Waals surface area contributed by atoms with Crippen LogP contribution in [0.3, 0.4) is 0 Å². The SMILES string of the molecule is COc1ccc(/C=N\NC(=O)CSc2nnc(SCc3cccc4ccccc34)s2)cc1OCc1ccccc1. The van der Waals surface area contributed by atoms with Crippen LogP contribution in [0.4, 0.5) is 0 Å². The first kappa shape index (κ1) is 27.7. The smallest absolute Gasteiger partial charge is 0.250 e. The summed E-state index contributed by atoms with van der Waals surface area (Å²) in [4.78, 5) is 12.3. The zero-order chi connectivity index (χ0) is 27.6. The van der Waals surface area contributed by atoms with Crippen molar-refractivity contribution in [2.24, 2.45) is 5.10 Å². The number of rotatable bonds is 12. The van der Waals surface area contributed by atoms with Crippen molar-refractivity contribution >= 4 is 57.8 Å². The maximum absolute atomic E-state index is 12.3.